The van der Waals surface area contributed by atoms with Gasteiger partial charge in [0.1, 0.15) is 5.75 Å². The molecule has 0 aliphatic rings. The normalized spacial score (nSPS) is 14.4. The van der Waals surface area contributed by atoms with Crippen LogP contribution in [-0.2, 0) is 5.60 Å². The fourth-order valence-corrected chi connectivity index (χ4v) is 2.10. The van der Waals surface area contributed by atoms with Crippen molar-refractivity contribution in [1.29, 1.82) is 0 Å². The molecule has 0 radical (unpaired) electrons. The van der Waals surface area contributed by atoms with E-state index in [1.807, 2.05) is 32.0 Å². The molecule has 1 atom stereocenters. The molecule has 2 nitrogen and oxygen atoms in total. The van der Waals surface area contributed by atoms with Crippen molar-refractivity contribution in [2.24, 2.45) is 0 Å². The van der Waals surface area contributed by atoms with Gasteiger partial charge in [0.2, 0.25) is 0 Å². The first-order valence-electron chi connectivity index (χ1n) is 6.38. The maximum absolute atomic E-state index is 10.6. The van der Waals surface area contributed by atoms with Gasteiger partial charge in [-0.15, -0.1) is 0 Å². The number of benzene rings is 1. The maximum atomic E-state index is 10.6. The highest BCUT2D eigenvalue weighted by Gasteiger charge is 2.26. The summed E-state index contributed by atoms with van der Waals surface area (Å²) in [5.74, 6) is 0.775. The van der Waals surface area contributed by atoms with Crippen molar-refractivity contribution >= 4 is 0 Å². The summed E-state index contributed by atoms with van der Waals surface area (Å²) in [6.07, 6.45) is 4.15. The molecule has 1 N–H and O–H groups in total. The van der Waals surface area contributed by atoms with Crippen molar-refractivity contribution in [2.45, 2.75) is 52.1 Å². The average molecular weight is 236 g/mol. The number of methoxy groups -OCH3 is 1. The highest BCUT2D eigenvalue weighted by atomic mass is 16.5. The van der Waals surface area contributed by atoms with Crippen LogP contribution < -0.4 is 4.74 Å². The minimum Gasteiger partial charge on any atom is -0.496 e. The Labute approximate surface area is 105 Å². The van der Waals surface area contributed by atoms with Crippen LogP contribution in [0.15, 0.2) is 18.2 Å². The Kier molecular flexibility index (Phi) is 5.01. The van der Waals surface area contributed by atoms with Crippen molar-refractivity contribution < 1.29 is 9.84 Å². The quantitative estimate of drug-likeness (QED) is 0.761. The predicted octanol–water partition coefficient (Wildman–Crippen LogP) is 3.79. The number of ether oxygens (including phenoxy) is 1. The monoisotopic (exact) mass is 236 g/mol. The molecule has 0 aromatic heterocycles. The lowest BCUT2D eigenvalue weighted by atomic mass is 9.88. The Morgan fingerprint density at radius 1 is 1.29 bits per heavy atom. The van der Waals surface area contributed by atoms with E-state index < -0.39 is 5.60 Å². The molecule has 0 amide bonds. The molecule has 17 heavy (non-hydrogen) atoms. The minimum absolute atomic E-state index is 0.775. The molecule has 2 heteroatoms. The summed E-state index contributed by atoms with van der Waals surface area (Å²) in [4.78, 5) is 0. The molecule has 0 aliphatic heterocycles. The van der Waals surface area contributed by atoms with Crippen molar-refractivity contribution in [3.63, 3.8) is 0 Å². The fraction of sp³-hybridized carbons (Fsp3) is 0.600. The smallest absolute Gasteiger partial charge is 0.124 e. The van der Waals surface area contributed by atoms with Gasteiger partial charge in [-0.25, -0.2) is 0 Å². The molecule has 0 bridgehead atoms. The van der Waals surface area contributed by atoms with Gasteiger partial charge < -0.3 is 9.84 Å². The van der Waals surface area contributed by atoms with Crippen molar-refractivity contribution in [1.82, 2.24) is 0 Å². The number of hydrogen-bond donors (Lipinski definition) is 1. The van der Waals surface area contributed by atoms with Crippen molar-refractivity contribution in [3.8, 4) is 5.75 Å². The van der Waals surface area contributed by atoms with Crippen LogP contribution in [-0.4, -0.2) is 12.2 Å². The van der Waals surface area contributed by atoms with Gasteiger partial charge in [0.05, 0.1) is 12.7 Å². The first kappa shape index (κ1) is 14.0. The van der Waals surface area contributed by atoms with E-state index >= 15 is 0 Å². The van der Waals surface area contributed by atoms with Gasteiger partial charge >= 0.3 is 0 Å². The van der Waals surface area contributed by atoms with Gasteiger partial charge in [0, 0.05) is 5.56 Å². The van der Waals surface area contributed by atoms with Crippen molar-refractivity contribution in [3.05, 3.63) is 29.3 Å². The Hall–Kier alpha value is -1.02. The summed E-state index contributed by atoms with van der Waals surface area (Å²) in [6, 6.07) is 5.95. The third-order valence-corrected chi connectivity index (χ3v) is 3.20. The van der Waals surface area contributed by atoms with Crippen LogP contribution in [0, 0.1) is 6.92 Å². The Bertz CT molecular complexity index is 356. The first-order chi connectivity index (χ1) is 8.01. The van der Waals surface area contributed by atoms with E-state index in [1.165, 1.54) is 6.42 Å². The molecule has 0 saturated heterocycles. The summed E-state index contributed by atoms with van der Waals surface area (Å²) < 4.78 is 5.33. The predicted molar refractivity (Wildman–Crippen MR) is 71.4 cm³/mol. The SMILES string of the molecule is CCCCCC(C)(O)c1cc(C)ccc1OC. The second kappa shape index (κ2) is 6.06. The molecule has 1 aromatic carbocycles. The average Bonchev–Trinajstić information content (AvgIpc) is 2.29. The topological polar surface area (TPSA) is 29.5 Å². The summed E-state index contributed by atoms with van der Waals surface area (Å²) >= 11 is 0. The fourth-order valence-electron chi connectivity index (χ4n) is 2.10. The molecule has 1 rings (SSSR count). The number of rotatable bonds is 6. The Morgan fingerprint density at radius 3 is 2.59 bits per heavy atom. The van der Waals surface area contributed by atoms with E-state index in [4.69, 9.17) is 4.74 Å². The molecule has 0 spiro atoms. The molecule has 1 aromatic rings. The largest absolute Gasteiger partial charge is 0.496 e. The third-order valence-electron chi connectivity index (χ3n) is 3.20. The van der Waals surface area contributed by atoms with Crippen LogP contribution in [0.25, 0.3) is 0 Å². The molecule has 0 fully saturated rings. The van der Waals surface area contributed by atoms with Crippen LogP contribution in [0.2, 0.25) is 0 Å². The molecule has 0 aliphatic carbocycles. The van der Waals surface area contributed by atoms with E-state index in [0.717, 1.165) is 36.1 Å². The van der Waals surface area contributed by atoms with Gasteiger partial charge in [-0.2, -0.15) is 0 Å². The summed E-state index contributed by atoms with van der Waals surface area (Å²) in [5, 5.41) is 10.6. The van der Waals surface area contributed by atoms with Crippen molar-refractivity contribution in [2.75, 3.05) is 7.11 Å². The molecular weight excluding hydrogens is 212 g/mol. The van der Waals surface area contributed by atoms with Crippen LogP contribution in [0.3, 0.4) is 0 Å². The Morgan fingerprint density at radius 2 is 2.00 bits per heavy atom. The second-order valence-corrected chi connectivity index (χ2v) is 4.93. The summed E-state index contributed by atoms with van der Waals surface area (Å²) in [5.41, 5.74) is 1.25. The lowest BCUT2D eigenvalue weighted by molar-refractivity contribution is 0.0424. The zero-order valence-corrected chi connectivity index (χ0v) is 11.4. The van der Waals surface area contributed by atoms with Gasteiger partial charge in [-0.1, -0.05) is 37.8 Å². The van der Waals surface area contributed by atoms with E-state index in [9.17, 15) is 5.11 Å². The zero-order chi connectivity index (χ0) is 12.9. The standard InChI is InChI=1S/C15H24O2/c1-5-6-7-10-15(3,16)13-11-12(2)8-9-14(13)17-4/h8-9,11,16H,5-7,10H2,1-4H3. The Balaban J connectivity index is 2.91. The number of hydrogen-bond acceptors (Lipinski definition) is 2. The summed E-state index contributed by atoms with van der Waals surface area (Å²) in [6.45, 7) is 6.08. The van der Waals surface area contributed by atoms with Crippen LogP contribution in [0.4, 0.5) is 0 Å². The van der Waals surface area contributed by atoms with Crippen LogP contribution in [0.1, 0.15) is 50.7 Å². The van der Waals surface area contributed by atoms with E-state index in [2.05, 4.69) is 6.92 Å². The summed E-state index contributed by atoms with van der Waals surface area (Å²) in [7, 11) is 1.65. The minimum atomic E-state index is -0.799. The maximum Gasteiger partial charge on any atom is 0.124 e. The van der Waals surface area contributed by atoms with E-state index in [1.54, 1.807) is 7.11 Å². The van der Waals surface area contributed by atoms with Crippen LogP contribution >= 0.6 is 0 Å². The second-order valence-electron chi connectivity index (χ2n) is 4.93. The highest BCUT2D eigenvalue weighted by molar-refractivity contribution is 5.40. The molecular formula is C15H24O2. The molecule has 1 unspecified atom stereocenters. The number of unbranched alkanes of at least 4 members (excludes halogenated alkanes) is 2. The number of aryl methyl sites for hydroxylation is 1. The zero-order valence-electron chi connectivity index (χ0n) is 11.4. The van der Waals surface area contributed by atoms with Gasteiger partial charge in [-0.3, -0.25) is 0 Å². The van der Waals surface area contributed by atoms with E-state index in [0.29, 0.717) is 0 Å². The molecule has 96 valence electrons. The van der Waals surface area contributed by atoms with Gasteiger partial charge in [0.25, 0.3) is 0 Å². The first-order valence-corrected chi connectivity index (χ1v) is 6.38. The third kappa shape index (κ3) is 3.74. The van der Waals surface area contributed by atoms with Crippen LogP contribution in [0.5, 0.6) is 5.75 Å². The van der Waals surface area contributed by atoms with Gasteiger partial charge in [-0.05, 0) is 32.4 Å². The lowest BCUT2D eigenvalue weighted by Gasteiger charge is -2.26. The molecule has 0 saturated carbocycles. The van der Waals surface area contributed by atoms with E-state index in [-0.39, 0.29) is 0 Å². The highest BCUT2D eigenvalue weighted by Crippen LogP contribution is 2.34. The number of aliphatic hydroxyl groups is 1. The van der Waals surface area contributed by atoms with Gasteiger partial charge in [0.15, 0.2) is 0 Å². The lowest BCUT2D eigenvalue weighted by Crippen LogP contribution is -2.22. The molecule has 0 heterocycles.